The first-order valence-electron chi connectivity index (χ1n) is 5.57. The first-order chi connectivity index (χ1) is 9.17. The molecule has 0 saturated heterocycles. The Morgan fingerprint density at radius 2 is 2.26 bits per heavy atom. The molecular weight excluding hydrogens is 248 g/mol. The molecule has 2 N–H and O–H groups in total. The molecular formula is C13H14N2O4. The second-order valence-corrected chi connectivity index (χ2v) is 3.50. The topological polar surface area (TPSA) is 88.5 Å². The number of amides is 1. The van der Waals surface area contributed by atoms with Gasteiger partial charge in [-0.1, -0.05) is 11.8 Å². The van der Waals surface area contributed by atoms with Gasteiger partial charge in [0.2, 0.25) is 0 Å². The molecule has 0 unspecified atom stereocenters. The van der Waals surface area contributed by atoms with Crippen molar-refractivity contribution in [2.75, 3.05) is 20.3 Å². The predicted molar refractivity (Wildman–Crippen MR) is 67.2 cm³/mol. The molecule has 0 aliphatic heterocycles. The van der Waals surface area contributed by atoms with Gasteiger partial charge >= 0.3 is 5.97 Å². The molecule has 0 atom stereocenters. The lowest BCUT2D eigenvalue weighted by Crippen LogP contribution is -2.26. The van der Waals surface area contributed by atoms with Crippen LogP contribution in [-0.2, 0) is 9.53 Å². The lowest BCUT2D eigenvalue weighted by Gasteiger charge is -2.04. The van der Waals surface area contributed by atoms with Crippen LogP contribution in [0.2, 0.25) is 0 Å². The largest absolute Gasteiger partial charge is 0.469 e. The number of aromatic nitrogens is 1. The van der Waals surface area contributed by atoms with Gasteiger partial charge in [-0.3, -0.25) is 14.6 Å². The van der Waals surface area contributed by atoms with Crippen molar-refractivity contribution in [3.8, 4) is 11.8 Å². The highest BCUT2D eigenvalue weighted by Gasteiger charge is 2.07. The summed E-state index contributed by atoms with van der Waals surface area (Å²) in [6.45, 7) is -0.0619. The molecule has 1 aromatic heterocycles. The van der Waals surface area contributed by atoms with Gasteiger partial charge in [0.05, 0.1) is 19.1 Å². The molecule has 0 aromatic carbocycles. The molecule has 0 radical (unpaired) electrons. The maximum Gasteiger partial charge on any atom is 0.307 e. The van der Waals surface area contributed by atoms with Gasteiger partial charge in [0, 0.05) is 24.5 Å². The summed E-state index contributed by atoms with van der Waals surface area (Å²) in [7, 11) is 1.29. The van der Waals surface area contributed by atoms with E-state index in [1.165, 1.54) is 19.5 Å². The predicted octanol–water partition coefficient (Wildman–Crippen LogP) is -0.282. The monoisotopic (exact) mass is 262 g/mol. The molecule has 0 aliphatic rings. The number of aliphatic hydroxyl groups excluding tert-OH is 1. The fraction of sp³-hybridized carbons (Fsp3) is 0.308. The average Bonchev–Trinajstić information content (AvgIpc) is 2.45. The summed E-state index contributed by atoms with van der Waals surface area (Å²) in [6, 6.07) is 1.56. The van der Waals surface area contributed by atoms with E-state index < -0.39 is 0 Å². The second kappa shape index (κ2) is 7.84. The molecule has 1 heterocycles. The van der Waals surface area contributed by atoms with Crippen LogP contribution in [0, 0.1) is 11.8 Å². The number of hydrogen-bond acceptors (Lipinski definition) is 5. The van der Waals surface area contributed by atoms with E-state index in [1.54, 1.807) is 6.07 Å². The van der Waals surface area contributed by atoms with Crippen molar-refractivity contribution < 1.29 is 19.4 Å². The minimum atomic E-state index is -0.388. The average molecular weight is 262 g/mol. The Labute approximate surface area is 110 Å². The molecule has 0 fully saturated rings. The molecule has 0 spiro atoms. The molecule has 0 bridgehead atoms. The summed E-state index contributed by atoms with van der Waals surface area (Å²) in [6.07, 6.45) is 3.01. The molecule has 1 aromatic rings. The van der Waals surface area contributed by atoms with E-state index in [2.05, 4.69) is 26.9 Å². The third kappa shape index (κ3) is 5.19. The summed E-state index contributed by atoms with van der Waals surface area (Å²) < 4.78 is 4.46. The maximum atomic E-state index is 11.7. The fourth-order valence-corrected chi connectivity index (χ4v) is 1.26. The van der Waals surface area contributed by atoms with Gasteiger partial charge in [0.25, 0.3) is 5.91 Å². The summed E-state index contributed by atoms with van der Waals surface area (Å²) in [5.41, 5.74) is 0.879. The Morgan fingerprint density at radius 3 is 2.95 bits per heavy atom. The number of carbonyl (C=O) groups excluding carboxylic acids is 2. The Morgan fingerprint density at radius 1 is 1.47 bits per heavy atom. The van der Waals surface area contributed by atoms with Gasteiger partial charge in [0.15, 0.2) is 0 Å². The third-order valence-corrected chi connectivity index (χ3v) is 2.15. The van der Waals surface area contributed by atoms with Crippen molar-refractivity contribution in [2.24, 2.45) is 0 Å². The van der Waals surface area contributed by atoms with E-state index in [-0.39, 0.29) is 31.4 Å². The number of pyridine rings is 1. The van der Waals surface area contributed by atoms with Crippen LogP contribution in [0.3, 0.4) is 0 Å². The molecule has 0 saturated carbocycles. The number of nitrogens with one attached hydrogen (secondary N) is 1. The Kier molecular flexibility index (Phi) is 6.06. The SMILES string of the molecule is COC(=O)CCNC(=O)c1cncc(C#CCO)c1. The quantitative estimate of drug-likeness (QED) is 0.575. The highest BCUT2D eigenvalue weighted by Crippen LogP contribution is 2.01. The Balaban J connectivity index is 2.59. The first kappa shape index (κ1) is 14.7. The van der Waals surface area contributed by atoms with Gasteiger partial charge in [-0.05, 0) is 6.07 Å². The first-order valence-corrected chi connectivity index (χ1v) is 5.57. The molecule has 19 heavy (non-hydrogen) atoms. The van der Waals surface area contributed by atoms with Gasteiger partial charge in [-0.25, -0.2) is 0 Å². The summed E-state index contributed by atoms with van der Waals surface area (Å²) >= 11 is 0. The van der Waals surface area contributed by atoms with Crippen molar-refractivity contribution in [3.05, 3.63) is 29.6 Å². The minimum absolute atomic E-state index is 0.111. The summed E-state index contributed by atoms with van der Waals surface area (Å²) in [5.74, 6) is 4.39. The van der Waals surface area contributed by atoms with Crippen LogP contribution >= 0.6 is 0 Å². The normalized spacial score (nSPS) is 9.16. The van der Waals surface area contributed by atoms with Gasteiger partial charge < -0.3 is 15.2 Å². The number of hydrogen-bond donors (Lipinski definition) is 2. The van der Waals surface area contributed by atoms with Gasteiger partial charge in [-0.15, -0.1) is 0 Å². The fourth-order valence-electron chi connectivity index (χ4n) is 1.26. The highest BCUT2D eigenvalue weighted by atomic mass is 16.5. The molecule has 0 aliphatic carbocycles. The lowest BCUT2D eigenvalue weighted by molar-refractivity contribution is -0.140. The number of ether oxygens (including phenoxy) is 1. The van der Waals surface area contributed by atoms with Crippen LogP contribution in [0.15, 0.2) is 18.5 Å². The maximum absolute atomic E-state index is 11.7. The van der Waals surface area contributed by atoms with E-state index in [1.807, 2.05) is 0 Å². The Hall–Kier alpha value is -2.39. The van der Waals surface area contributed by atoms with Crippen LogP contribution in [0.1, 0.15) is 22.3 Å². The summed E-state index contributed by atoms with van der Waals surface area (Å²) in [5, 5.41) is 11.2. The van der Waals surface area contributed by atoms with Crippen molar-refractivity contribution in [3.63, 3.8) is 0 Å². The number of esters is 1. The van der Waals surface area contributed by atoms with E-state index in [0.29, 0.717) is 11.1 Å². The van der Waals surface area contributed by atoms with E-state index in [4.69, 9.17) is 5.11 Å². The van der Waals surface area contributed by atoms with Crippen LogP contribution in [0.25, 0.3) is 0 Å². The Bertz CT molecular complexity index is 517. The van der Waals surface area contributed by atoms with E-state index in [0.717, 1.165) is 0 Å². The molecule has 6 heteroatoms. The molecule has 1 rings (SSSR count). The number of rotatable bonds is 4. The van der Waals surface area contributed by atoms with Gasteiger partial charge in [0.1, 0.15) is 6.61 Å². The van der Waals surface area contributed by atoms with Crippen molar-refractivity contribution in [1.82, 2.24) is 10.3 Å². The molecule has 1 amide bonds. The third-order valence-electron chi connectivity index (χ3n) is 2.15. The zero-order valence-electron chi connectivity index (χ0n) is 10.5. The van der Waals surface area contributed by atoms with Gasteiger partial charge in [-0.2, -0.15) is 0 Å². The van der Waals surface area contributed by atoms with E-state index in [9.17, 15) is 9.59 Å². The summed E-state index contributed by atoms with van der Waals surface area (Å²) in [4.78, 5) is 26.5. The number of aliphatic hydroxyl groups is 1. The van der Waals surface area contributed by atoms with Crippen LogP contribution < -0.4 is 5.32 Å². The molecule has 100 valence electrons. The number of nitrogens with zero attached hydrogens (tertiary/aromatic N) is 1. The zero-order chi connectivity index (χ0) is 14.1. The number of carbonyl (C=O) groups is 2. The minimum Gasteiger partial charge on any atom is -0.469 e. The molecule has 6 nitrogen and oxygen atoms in total. The van der Waals surface area contributed by atoms with E-state index >= 15 is 0 Å². The zero-order valence-corrected chi connectivity index (χ0v) is 10.5. The van der Waals surface area contributed by atoms with Crippen LogP contribution in [0.5, 0.6) is 0 Å². The second-order valence-electron chi connectivity index (χ2n) is 3.50. The van der Waals surface area contributed by atoms with Crippen molar-refractivity contribution in [1.29, 1.82) is 0 Å². The highest BCUT2D eigenvalue weighted by molar-refractivity contribution is 5.94. The van der Waals surface area contributed by atoms with Crippen molar-refractivity contribution in [2.45, 2.75) is 6.42 Å². The number of methoxy groups -OCH3 is 1. The lowest BCUT2D eigenvalue weighted by atomic mass is 10.2. The van der Waals surface area contributed by atoms with Crippen LogP contribution in [0.4, 0.5) is 0 Å². The standard InChI is InChI=1S/C13H14N2O4/c1-19-12(17)4-5-15-13(18)11-7-10(3-2-6-16)8-14-9-11/h7-9,16H,4-6H2,1H3,(H,15,18). The smallest absolute Gasteiger partial charge is 0.307 e. The van der Waals surface area contributed by atoms with Crippen LogP contribution in [-0.4, -0.2) is 42.2 Å². The van der Waals surface area contributed by atoms with Crippen molar-refractivity contribution >= 4 is 11.9 Å².